The molecule has 0 aliphatic carbocycles. The molecule has 0 aliphatic rings. The number of amides is 1. The van der Waals surface area contributed by atoms with E-state index < -0.39 is 11.7 Å². The van der Waals surface area contributed by atoms with Crippen LogP contribution in [0.25, 0.3) is 0 Å². The van der Waals surface area contributed by atoms with Crippen molar-refractivity contribution in [2.75, 3.05) is 6.54 Å². The van der Waals surface area contributed by atoms with Crippen LogP contribution in [0.2, 0.25) is 5.02 Å². The minimum atomic E-state index is -0.570. The van der Waals surface area contributed by atoms with Gasteiger partial charge in [-0.3, -0.25) is 4.79 Å². The highest BCUT2D eigenvalue weighted by atomic mass is 79.9. The van der Waals surface area contributed by atoms with Gasteiger partial charge in [-0.15, -0.1) is 0 Å². The van der Waals surface area contributed by atoms with E-state index in [1.807, 2.05) is 6.92 Å². The number of carbonyl (C=O) groups is 1. The molecule has 0 radical (unpaired) electrons. The molecule has 1 amide bonds. The van der Waals surface area contributed by atoms with Crippen molar-refractivity contribution < 1.29 is 9.18 Å². The molecule has 5 heteroatoms. The second-order valence-electron chi connectivity index (χ2n) is 3.11. The molecule has 1 rings (SSSR count). The Balaban J connectivity index is 2.77. The quantitative estimate of drug-likeness (QED) is 0.853. The molecule has 1 aromatic carbocycles. The number of benzene rings is 1. The van der Waals surface area contributed by atoms with Gasteiger partial charge in [0.25, 0.3) is 5.91 Å². The monoisotopic (exact) mass is 293 g/mol. The average Bonchev–Trinajstić information content (AvgIpc) is 2.18. The van der Waals surface area contributed by atoms with Gasteiger partial charge in [-0.1, -0.05) is 34.5 Å². The number of alkyl halides is 1. The SMILES string of the molecule is CC(Br)CNC(=O)c1cc(Cl)ccc1F. The molecule has 2 nitrogen and oxygen atoms in total. The minimum absolute atomic E-state index is 0.0318. The lowest BCUT2D eigenvalue weighted by atomic mass is 10.2. The number of hydrogen-bond acceptors (Lipinski definition) is 1. The molecule has 15 heavy (non-hydrogen) atoms. The molecule has 82 valence electrons. The van der Waals surface area contributed by atoms with E-state index in [-0.39, 0.29) is 10.4 Å². The fraction of sp³-hybridized carbons (Fsp3) is 0.300. The van der Waals surface area contributed by atoms with Gasteiger partial charge in [0.2, 0.25) is 0 Å². The standard InChI is InChI=1S/C10H10BrClFNO/c1-6(11)5-14-10(15)8-4-7(12)2-3-9(8)13/h2-4,6H,5H2,1H3,(H,14,15). The first-order valence-electron chi connectivity index (χ1n) is 4.38. The van der Waals surface area contributed by atoms with Gasteiger partial charge in [-0.2, -0.15) is 0 Å². The van der Waals surface area contributed by atoms with Crippen molar-refractivity contribution in [3.63, 3.8) is 0 Å². The third-order valence-corrected chi connectivity index (χ3v) is 2.28. The van der Waals surface area contributed by atoms with E-state index in [0.717, 1.165) is 0 Å². The summed E-state index contributed by atoms with van der Waals surface area (Å²) in [5, 5.41) is 2.92. The normalized spacial score (nSPS) is 12.3. The highest BCUT2D eigenvalue weighted by molar-refractivity contribution is 9.09. The first-order chi connectivity index (χ1) is 7.00. The lowest BCUT2D eigenvalue weighted by Crippen LogP contribution is -2.29. The summed E-state index contributed by atoms with van der Waals surface area (Å²) in [5.74, 6) is -1.03. The van der Waals surface area contributed by atoms with Crippen molar-refractivity contribution in [1.82, 2.24) is 5.32 Å². The van der Waals surface area contributed by atoms with Crippen LogP contribution < -0.4 is 5.32 Å². The molecule has 0 spiro atoms. The number of nitrogens with one attached hydrogen (secondary N) is 1. The maximum Gasteiger partial charge on any atom is 0.254 e. The van der Waals surface area contributed by atoms with E-state index in [9.17, 15) is 9.18 Å². The highest BCUT2D eigenvalue weighted by Gasteiger charge is 2.12. The first kappa shape index (κ1) is 12.5. The molecular weight excluding hydrogens is 284 g/mol. The van der Waals surface area contributed by atoms with Crippen LogP contribution in [0.5, 0.6) is 0 Å². The summed E-state index contributed by atoms with van der Waals surface area (Å²) < 4.78 is 13.2. The fourth-order valence-corrected chi connectivity index (χ4v) is 1.33. The molecular formula is C10H10BrClFNO. The van der Waals surface area contributed by atoms with Crippen molar-refractivity contribution in [1.29, 1.82) is 0 Å². The van der Waals surface area contributed by atoms with Crippen LogP contribution >= 0.6 is 27.5 Å². The number of rotatable bonds is 3. The van der Waals surface area contributed by atoms with Crippen LogP contribution in [0.3, 0.4) is 0 Å². The average molecular weight is 295 g/mol. The number of carbonyl (C=O) groups excluding carboxylic acids is 1. The molecule has 1 aromatic rings. The zero-order valence-electron chi connectivity index (χ0n) is 8.06. The van der Waals surface area contributed by atoms with Crippen LogP contribution in [-0.4, -0.2) is 17.3 Å². The van der Waals surface area contributed by atoms with Crippen LogP contribution in [0.15, 0.2) is 18.2 Å². The van der Waals surface area contributed by atoms with Gasteiger partial charge in [0.05, 0.1) is 5.56 Å². The summed E-state index contributed by atoms with van der Waals surface area (Å²) in [4.78, 5) is 11.6. The van der Waals surface area contributed by atoms with Gasteiger partial charge < -0.3 is 5.32 Å². The number of halogens is 3. The Kier molecular flexibility index (Phi) is 4.54. The Morgan fingerprint density at radius 3 is 2.93 bits per heavy atom. The fourth-order valence-electron chi connectivity index (χ4n) is 1.00. The Labute approximate surface area is 101 Å². The first-order valence-corrected chi connectivity index (χ1v) is 5.67. The van der Waals surface area contributed by atoms with Crippen molar-refractivity contribution in [2.24, 2.45) is 0 Å². The molecule has 0 fully saturated rings. The second-order valence-corrected chi connectivity index (χ2v) is 5.11. The maximum absolute atomic E-state index is 13.2. The molecule has 1 N–H and O–H groups in total. The van der Waals surface area contributed by atoms with Crippen molar-refractivity contribution in [3.05, 3.63) is 34.6 Å². The minimum Gasteiger partial charge on any atom is -0.351 e. The Hall–Kier alpha value is -0.610. The van der Waals surface area contributed by atoms with Crippen LogP contribution in [-0.2, 0) is 0 Å². The molecule has 0 saturated carbocycles. The van der Waals surface area contributed by atoms with Crippen molar-refractivity contribution in [2.45, 2.75) is 11.8 Å². The van der Waals surface area contributed by atoms with E-state index in [1.54, 1.807) is 0 Å². The summed E-state index contributed by atoms with van der Waals surface area (Å²) in [6.07, 6.45) is 0. The van der Waals surface area contributed by atoms with Crippen molar-refractivity contribution >= 4 is 33.4 Å². The summed E-state index contributed by atoms with van der Waals surface area (Å²) in [7, 11) is 0. The zero-order valence-corrected chi connectivity index (χ0v) is 10.4. The lowest BCUT2D eigenvalue weighted by molar-refractivity contribution is 0.0950. The topological polar surface area (TPSA) is 29.1 Å². The van der Waals surface area contributed by atoms with Gasteiger partial charge in [-0.05, 0) is 18.2 Å². The van der Waals surface area contributed by atoms with Crippen molar-refractivity contribution in [3.8, 4) is 0 Å². The molecule has 0 aromatic heterocycles. The molecule has 0 aliphatic heterocycles. The zero-order chi connectivity index (χ0) is 11.4. The Bertz CT molecular complexity index is 370. The lowest BCUT2D eigenvalue weighted by Gasteiger charge is -2.07. The second kappa shape index (κ2) is 5.47. The molecule has 1 unspecified atom stereocenters. The maximum atomic E-state index is 13.2. The smallest absolute Gasteiger partial charge is 0.254 e. The Morgan fingerprint density at radius 1 is 1.67 bits per heavy atom. The van der Waals surface area contributed by atoms with Crippen LogP contribution in [0, 0.1) is 5.82 Å². The molecule has 0 saturated heterocycles. The van der Waals surface area contributed by atoms with E-state index in [2.05, 4.69) is 21.2 Å². The number of hydrogen-bond donors (Lipinski definition) is 1. The van der Waals surface area contributed by atoms with E-state index in [4.69, 9.17) is 11.6 Å². The van der Waals surface area contributed by atoms with E-state index >= 15 is 0 Å². The Morgan fingerprint density at radius 2 is 2.33 bits per heavy atom. The van der Waals surface area contributed by atoms with E-state index in [0.29, 0.717) is 11.6 Å². The summed E-state index contributed by atoms with van der Waals surface area (Å²) in [6, 6.07) is 3.89. The summed E-state index contributed by atoms with van der Waals surface area (Å²) in [6.45, 7) is 2.32. The summed E-state index contributed by atoms with van der Waals surface area (Å²) in [5.41, 5.74) is -0.0318. The van der Waals surface area contributed by atoms with Gasteiger partial charge >= 0.3 is 0 Å². The van der Waals surface area contributed by atoms with Crippen LogP contribution in [0.4, 0.5) is 4.39 Å². The van der Waals surface area contributed by atoms with Gasteiger partial charge in [-0.25, -0.2) is 4.39 Å². The van der Waals surface area contributed by atoms with Gasteiger partial charge in [0, 0.05) is 16.4 Å². The third-order valence-electron chi connectivity index (χ3n) is 1.72. The molecule has 0 bridgehead atoms. The molecule has 1 atom stereocenters. The van der Waals surface area contributed by atoms with E-state index in [1.165, 1.54) is 18.2 Å². The van der Waals surface area contributed by atoms with Gasteiger partial charge in [0.1, 0.15) is 5.82 Å². The highest BCUT2D eigenvalue weighted by Crippen LogP contribution is 2.14. The van der Waals surface area contributed by atoms with Gasteiger partial charge in [0.15, 0.2) is 0 Å². The third kappa shape index (κ3) is 3.80. The predicted molar refractivity (Wildman–Crippen MR) is 62.1 cm³/mol. The predicted octanol–water partition coefficient (Wildman–Crippen LogP) is 2.99. The summed E-state index contributed by atoms with van der Waals surface area (Å²) >= 11 is 8.94. The molecule has 0 heterocycles. The largest absolute Gasteiger partial charge is 0.351 e. The van der Waals surface area contributed by atoms with Crippen LogP contribution in [0.1, 0.15) is 17.3 Å².